The summed E-state index contributed by atoms with van der Waals surface area (Å²) in [4.78, 5) is 43.0. The van der Waals surface area contributed by atoms with Crippen LogP contribution in [0.25, 0.3) is 0 Å². The van der Waals surface area contributed by atoms with Gasteiger partial charge in [-0.3, -0.25) is 24.6 Å². The number of piperidine rings is 1. The number of hydrogen-bond donors (Lipinski definition) is 2. The monoisotopic (exact) mass is 491 g/mol. The summed E-state index contributed by atoms with van der Waals surface area (Å²) in [5.41, 5.74) is 9.70. The second-order valence-corrected chi connectivity index (χ2v) is 9.78. The Labute approximate surface area is 211 Å². The van der Waals surface area contributed by atoms with Crippen molar-refractivity contribution in [1.29, 1.82) is 0 Å². The first-order valence-electron chi connectivity index (χ1n) is 12.6. The highest BCUT2D eigenvalue weighted by molar-refractivity contribution is 6.05. The maximum Gasteiger partial charge on any atom is 0.255 e. The van der Waals surface area contributed by atoms with E-state index in [-0.39, 0.29) is 30.2 Å². The smallest absolute Gasteiger partial charge is 0.255 e. The lowest BCUT2D eigenvalue weighted by molar-refractivity contribution is -0.136. The van der Waals surface area contributed by atoms with Crippen molar-refractivity contribution in [2.75, 3.05) is 44.2 Å². The van der Waals surface area contributed by atoms with Gasteiger partial charge in [-0.05, 0) is 54.8 Å². The molecule has 1 unspecified atom stereocenters. The molecule has 0 bridgehead atoms. The number of carbonyl (C=O) groups excluding carboxylic acids is 3. The number of nitrogens with one attached hydrogen (secondary N) is 1. The summed E-state index contributed by atoms with van der Waals surface area (Å²) in [7, 11) is 0. The van der Waals surface area contributed by atoms with Gasteiger partial charge in [0.15, 0.2) is 0 Å². The summed E-state index contributed by atoms with van der Waals surface area (Å²) in [5.74, 6) is 0.0583. The molecule has 3 amide bonds. The molecule has 2 aromatic carbocycles. The molecule has 0 aliphatic carbocycles. The van der Waals surface area contributed by atoms with Gasteiger partial charge >= 0.3 is 0 Å². The van der Waals surface area contributed by atoms with Crippen molar-refractivity contribution in [3.63, 3.8) is 0 Å². The number of fused-ring (bicyclic) bond motifs is 1. The van der Waals surface area contributed by atoms with Crippen molar-refractivity contribution in [3.8, 4) is 5.75 Å². The van der Waals surface area contributed by atoms with Gasteiger partial charge in [-0.2, -0.15) is 0 Å². The van der Waals surface area contributed by atoms with E-state index >= 15 is 0 Å². The number of anilines is 1. The third-order valence-electron chi connectivity index (χ3n) is 7.30. The Balaban J connectivity index is 1.13. The van der Waals surface area contributed by atoms with E-state index < -0.39 is 6.04 Å². The fourth-order valence-electron chi connectivity index (χ4n) is 5.17. The molecular weight excluding hydrogens is 458 g/mol. The predicted octanol–water partition coefficient (Wildman–Crippen LogP) is 1.67. The third-order valence-corrected chi connectivity index (χ3v) is 7.30. The minimum absolute atomic E-state index is 0.0144. The van der Waals surface area contributed by atoms with Gasteiger partial charge in [-0.1, -0.05) is 12.1 Å². The number of piperazine rings is 1. The van der Waals surface area contributed by atoms with Crippen LogP contribution in [0.2, 0.25) is 0 Å². The molecule has 0 aromatic heterocycles. The number of nitrogens with zero attached hydrogens (tertiary/aromatic N) is 3. The SMILES string of the molecule is C[C@@H](N)c1cccc(OCCN2CCN(c3ccc4c(c3)CN(C3CCC(=O)NC3=O)C4=O)CC2)c1. The average Bonchev–Trinajstić information content (AvgIpc) is 3.20. The van der Waals surface area contributed by atoms with Crippen molar-refractivity contribution < 1.29 is 19.1 Å². The van der Waals surface area contributed by atoms with E-state index in [0.717, 1.165) is 55.3 Å². The molecule has 3 aliphatic rings. The Hall–Kier alpha value is -3.43. The number of benzene rings is 2. The number of hydrogen-bond acceptors (Lipinski definition) is 7. The van der Waals surface area contributed by atoms with Crippen molar-refractivity contribution in [1.82, 2.24) is 15.1 Å². The zero-order valence-electron chi connectivity index (χ0n) is 20.6. The van der Waals surface area contributed by atoms with Crippen molar-refractivity contribution in [3.05, 3.63) is 59.2 Å². The lowest BCUT2D eigenvalue weighted by atomic mass is 10.0. The van der Waals surface area contributed by atoms with Gasteiger partial charge in [0.05, 0.1) is 0 Å². The molecule has 3 aliphatic heterocycles. The van der Waals surface area contributed by atoms with E-state index in [4.69, 9.17) is 10.5 Å². The number of nitrogens with two attached hydrogens (primary N) is 1. The van der Waals surface area contributed by atoms with Gasteiger partial charge < -0.3 is 20.3 Å². The van der Waals surface area contributed by atoms with Crippen LogP contribution in [0.1, 0.15) is 47.3 Å². The number of amides is 3. The van der Waals surface area contributed by atoms with Crippen LogP contribution in [0.3, 0.4) is 0 Å². The summed E-state index contributed by atoms with van der Waals surface area (Å²) in [6.45, 7) is 7.49. The molecule has 0 spiro atoms. The highest BCUT2D eigenvalue weighted by atomic mass is 16.5. The number of rotatable bonds is 7. The molecule has 9 heteroatoms. The normalized spacial score (nSPS) is 21.4. The molecule has 9 nitrogen and oxygen atoms in total. The van der Waals surface area contributed by atoms with E-state index in [9.17, 15) is 14.4 Å². The second-order valence-electron chi connectivity index (χ2n) is 9.78. The third kappa shape index (κ3) is 5.08. The van der Waals surface area contributed by atoms with E-state index in [0.29, 0.717) is 25.1 Å². The van der Waals surface area contributed by atoms with Crippen molar-refractivity contribution in [2.24, 2.45) is 5.73 Å². The summed E-state index contributed by atoms with van der Waals surface area (Å²) < 4.78 is 5.95. The van der Waals surface area contributed by atoms with Crippen LogP contribution in [0.4, 0.5) is 5.69 Å². The molecule has 5 rings (SSSR count). The first-order chi connectivity index (χ1) is 17.4. The second kappa shape index (κ2) is 10.3. The fraction of sp³-hybridized carbons (Fsp3) is 0.444. The van der Waals surface area contributed by atoms with Gasteiger partial charge in [0.2, 0.25) is 11.8 Å². The van der Waals surface area contributed by atoms with Crippen LogP contribution in [-0.2, 0) is 16.1 Å². The van der Waals surface area contributed by atoms with Crippen LogP contribution in [0.5, 0.6) is 5.75 Å². The molecule has 3 heterocycles. The molecule has 2 atom stereocenters. The Morgan fingerprint density at radius 3 is 2.64 bits per heavy atom. The topological polar surface area (TPSA) is 108 Å². The molecule has 0 saturated carbocycles. The van der Waals surface area contributed by atoms with Crippen LogP contribution in [0, 0.1) is 0 Å². The zero-order chi connectivity index (χ0) is 25.2. The van der Waals surface area contributed by atoms with E-state index in [2.05, 4.69) is 21.2 Å². The lowest BCUT2D eigenvalue weighted by Crippen LogP contribution is -2.52. The number of imide groups is 1. The Bertz CT molecular complexity index is 1160. The van der Waals surface area contributed by atoms with Crippen LogP contribution < -0.4 is 20.7 Å². The Kier molecular flexibility index (Phi) is 6.93. The quantitative estimate of drug-likeness (QED) is 0.567. The van der Waals surface area contributed by atoms with Gasteiger partial charge in [0.25, 0.3) is 5.91 Å². The Morgan fingerprint density at radius 1 is 1.08 bits per heavy atom. The average molecular weight is 492 g/mol. The predicted molar refractivity (Wildman–Crippen MR) is 136 cm³/mol. The maximum atomic E-state index is 12.9. The molecule has 2 saturated heterocycles. The Morgan fingerprint density at radius 2 is 1.89 bits per heavy atom. The first kappa shape index (κ1) is 24.3. The summed E-state index contributed by atoms with van der Waals surface area (Å²) in [6, 6.07) is 13.3. The highest BCUT2D eigenvalue weighted by Gasteiger charge is 2.39. The van der Waals surface area contributed by atoms with Gasteiger partial charge in [-0.15, -0.1) is 0 Å². The summed E-state index contributed by atoms with van der Waals surface area (Å²) >= 11 is 0. The van der Waals surface area contributed by atoms with Gasteiger partial charge in [0, 0.05) is 63.0 Å². The minimum atomic E-state index is -0.585. The van der Waals surface area contributed by atoms with Gasteiger partial charge in [-0.25, -0.2) is 0 Å². The number of ether oxygens (including phenoxy) is 1. The molecule has 190 valence electrons. The fourth-order valence-corrected chi connectivity index (χ4v) is 5.17. The zero-order valence-corrected chi connectivity index (χ0v) is 20.6. The lowest BCUT2D eigenvalue weighted by Gasteiger charge is -2.36. The molecule has 3 N–H and O–H groups in total. The van der Waals surface area contributed by atoms with Crippen molar-refractivity contribution >= 4 is 23.4 Å². The maximum absolute atomic E-state index is 12.9. The van der Waals surface area contributed by atoms with Gasteiger partial charge in [0.1, 0.15) is 18.4 Å². The van der Waals surface area contributed by atoms with Crippen LogP contribution in [0.15, 0.2) is 42.5 Å². The molecule has 2 fully saturated rings. The molecule has 0 radical (unpaired) electrons. The van der Waals surface area contributed by atoms with E-state index in [1.807, 2.05) is 43.3 Å². The molecular formula is C27H33N5O4. The van der Waals surface area contributed by atoms with E-state index in [1.54, 1.807) is 4.90 Å². The standard InChI is InChI=1S/C27H33N5O4/c1-18(28)19-3-2-4-22(16-19)36-14-13-30-9-11-31(12-10-30)21-5-6-23-20(15-21)17-32(27(23)35)24-7-8-25(33)29-26(24)34/h2-6,15-16,18,24H,7-14,17,28H2,1H3,(H,29,33,34)/t18-,24?/m1/s1. The summed E-state index contributed by atoms with van der Waals surface area (Å²) in [5, 5.41) is 2.35. The highest BCUT2D eigenvalue weighted by Crippen LogP contribution is 2.31. The minimum Gasteiger partial charge on any atom is -0.492 e. The van der Waals surface area contributed by atoms with E-state index in [1.165, 1.54) is 0 Å². The molecule has 36 heavy (non-hydrogen) atoms. The number of carbonyl (C=O) groups is 3. The van der Waals surface area contributed by atoms with Crippen LogP contribution in [-0.4, -0.2) is 72.9 Å². The largest absolute Gasteiger partial charge is 0.492 e. The summed E-state index contributed by atoms with van der Waals surface area (Å²) in [6.07, 6.45) is 0.636. The van der Waals surface area contributed by atoms with Crippen molar-refractivity contribution in [2.45, 2.75) is 38.4 Å². The van der Waals surface area contributed by atoms with Crippen LogP contribution >= 0.6 is 0 Å². The molecule has 2 aromatic rings. The first-order valence-corrected chi connectivity index (χ1v) is 12.6.